The molecule has 286 valence electrons. The molecule has 52 heavy (non-hydrogen) atoms. The molecule has 0 bridgehead atoms. The summed E-state index contributed by atoms with van der Waals surface area (Å²) in [5, 5.41) is 13.8. The van der Waals surface area contributed by atoms with Crippen molar-refractivity contribution in [1.29, 1.82) is 0 Å². The highest BCUT2D eigenvalue weighted by molar-refractivity contribution is 7.89. The van der Waals surface area contributed by atoms with Gasteiger partial charge >= 0.3 is 12.2 Å². The van der Waals surface area contributed by atoms with Gasteiger partial charge in [0.25, 0.3) is 0 Å². The van der Waals surface area contributed by atoms with Crippen molar-refractivity contribution < 1.29 is 56.3 Å². The van der Waals surface area contributed by atoms with Crippen molar-refractivity contribution in [3.8, 4) is 5.75 Å². The smallest absolute Gasteiger partial charge is 0.424 e. The first kappa shape index (κ1) is 39.1. The predicted molar refractivity (Wildman–Crippen MR) is 184 cm³/mol. The van der Waals surface area contributed by atoms with Crippen molar-refractivity contribution in [3.05, 3.63) is 42.5 Å². The number of amides is 2. The van der Waals surface area contributed by atoms with Gasteiger partial charge in [0.05, 0.1) is 24.7 Å². The second kappa shape index (κ2) is 14.7. The van der Waals surface area contributed by atoms with Gasteiger partial charge in [0.15, 0.2) is 35.8 Å². The fourth-order valence-electron chi connectivity index (χ4n) is 5.73. The van der Waals surface area contributed by atoms with Gasteiger partial charge < -0.3 is 38.3 Å². The van der Waals surface area contributed by atoms with Crippen LogP contribution in [0.25, 0.3) is 11.2 Å². The Hall–Kier alpha value is -4.14. The van der Waals surface area contributed by atoms with Crippen LogP contribution in [0.2, 0.25) is 0 Å². The SMILES string of the molecule is COCOc1ccccc1C(O)CS(=O)(=O)N(C[C@H]1O[C@@H](n2cnc3c(NC(=O)OC(C)(C)C)ncnc32)C2OC(C)(C)O[C@H]21)C(=O)OC(C)(C)C. The Morgan fingerprint density at radius 1 is 1.04 bits per heavy atom. The summed E-state index contributed by atoms with van der Waals surface area (Å²) in [6, 6.07) is 6.34. The second-order valence-electron chi connectivity index (χ2n) is 14.7. The molecule has 2 aromatic heterocycles. The highest BCUT2D eigenvalue weighted by Crippen LogP contribution is 2.44. The Morgan fingerprint density at radius 2 is 1.71 bits per heavy atom. The minimum Gasteiger partial charge on any atom is -0.467 e. The van der Waals surface area contributed by atoms with E-state index in [0.717, 1.165) is 0 Å². The van der Waals surface area contributed by atoms with E-state index in [-0.39, 0.29) is 35.1 Å². The van der Waals surface area contributed by atoms with E-state index in [1.165, 1.54) is 25.8 Å². The zero-order chi connectivity index (χ0) is 38.2. The summed E-state index contributed by atoms with van der Waals surface area (Å²) in [6.07, 6.45) is -4.65. The number of para-hydroxylation sites is 1. The van der Waals surface area contributed by atoms with Crippen LogP contribution in [0.5, 0.6) is 5.75 Å². The number of nitrogens with one attached hydrogen (secondary N) is 1. The predicted octanol–water partition coefficient (Wildman–Crippen LogP) is 3.87. The number of aromatic nitrogens is 4. The number of ether oxygens (including phenoxy) is 7. The number of aliphatic hydroxyl groups excluding tert-OH is 1. The van der Waals surface area contributed by atoms with E-state index in [1.54, 1.807) is 78.2 Å². The van der Waals surface area contributed by atoms with Crippen LogP contribution in [0.15, 0.2) is 36.9 Å². The molecule has 2 aliphatic heterocycles. The van der Waals surface area contributed by atoms with Gasteiger partial charge in [0.1, 0.15) is 41.6 Å². The summed E-state index contributed by atoms with van der Waals surface area (Å²) in [5.41, 5.74) is -1.18. The number of carbonyl (C=O) groups excluding carboxylic acids is 2. The number of imidazole rings is 1. The van der Waals surface area contributed by atoms with Crippen molar-refractivity contribution in [1.82, 2.24) is 23.8 Å². The van der Waals surface area contributed by atoms with E-state index in [1.807, 2.05) is 0 Å². The average Bonchev–Trinajstić information content (AvgIpc) is 3.67. The maximum Gasteiger partial charge on any atom is 0.424 e. The maximum absolute atomic E-state index is 14.1. The molecule has 4 heterocycles. The van der Waals surface area contributed by atoms with E-state index < -0.39 is 82.1 Å². The van der Waals surface area contributed by atoms with Crippen LogP contribution in [-0.2, 0) is 38.4 Å². The summed E-state index contributed by atoms with van der Waals surface area (Å²) in [4.78, 5) is 39.1. The molecule has 2 N–H and O–H groups in total. The van der Waals surface area contributed by atoms with E-state index in [4.69, 9.17) is 33.2 Å². The molecule has 1 aromatic carbocycles. The highest BCUT2D eigenvalue weighted by atomic mass is 32.2. The van der Waals surface area contributed by atoms with Crippen LogP contribution in [0, 0.1) is 0 Å². The molecule has 5 atom stereocenters. The summed E-state index contributed by atoms with van der Waals surface area (Å²) in [6.45, 7) is 12.7. The van der Waals surface area contributed by atoms with Gasteiger partial charge in [0, 0.05) is 12.7 Å². The zero-order valence-electron chi connectivity index (χ0n) is 30.6. The standard InChI is InChI=1S/C33H46N6O12S/c1-31(2,3)50-29(41)37-26-23-27(35-16-34-26)38(17-36-23)28-25-24(48-33(7,8)49-25)22(47-28)14-39(30(42)51-32(4,5)6)52(43,44)15-20(40)19-12-10-11-13-21(19)46-18-45-9/h10-13,16-17,20,22,24-25,28,40H,14-15,18H2,1-9H3,(H,34,35,37,41)/t20?,22-,24+,25?,28-/m1/s1. The van der Waals surface area contributed by atoms with Crippen molar-refractivity contribution in [2.75, 3.05) is 31.5 Å². The van der Waals surface area contributed by atoms with E-state index in [0.29, 0.717) is 4.31 Å². The monoisotopic (exact) mass is 750 g/mol. The first-order valence-electron chi connectivity index (χ1n) is 16.5. The number of rotatable bonds is 11. The topological polar surface area (TPSA) is 212 Å². The molecular formula is C33H46N6O12S. The number of hydrogen-bond acceptors (Lipinski definition) is 15. The van der Waals surface area contributed by atoms with Crippen LogP contribution in [0.1, 0.15) is 73.3 Å². The minimum atomic E-state index is -4.61. The van der Waals surface area contributed by atoms with Gasteiger partial charge in [-0.1, -0.05) is 18.2 Å². The quantitative estimate of drug-likeness (QED) is 0.266. The van der Waals surface area contributed by atoms with Gasteiger partial charge in [-0.3, -0.25) is 9.88 Å². The number of benzene rings is 1. The number of sulfonamides is 1. The van der Waals surface area contributed by atoms with Gasteiger partial charge in [-0.25, -0.2) is 37.3 Å². The zero-order valence-corrected chi connectivity index (χ0v) is 31.4. The molecule has 0 saturated carbocycles. The van der Waals surface area contributed by atoms with Crippen molar-refractivity contribution >= 4 is 39.2 Å². The maximum atomic E-state index is 14.1. The van der Waals surface area contributed by atoms with Gasteiger partial charge in [-0.2, -0.15) is 0 Å². The number of aliphatic hydroxyl groups is 1. The number of carbonyl (C=O) groups is 2. The fraction of sp³-hybridized carbons (Fsp3) is 0.606. The van der Waals surface area contributed by atoms with Crippen LogP contribution in [0.4, 0.5) is 15.4 Å². The lowest BCUT2D eigenvalue weighted by Crippen LogP contribution is -2.48. The lowest BCUT2D eigenvalue weighted by Gasteiger charge is -2.31. The van der Waals surface area contributed by atoms with E-state index >= 15 is 0 Å². The normalized spacial score (nSPS) is 22.1. The number of fused-ring (bicyclic) bond motifs is 2. The largest absolute Gasteiger partial charge is 0.467 e. The third-order valence-electron chi connectivity index (χ3n) is 7.64. The van der Waals surface area contributed by atoms with Crippen molar-refractivity contribution in [3.63, 3.8) is 0 Å². The first-order chi connectivity index (χ1) is 24.2. The molecule has 0 radical (unpaired) electrons. The number of hydrogen-bond donors (Lipinski definition) is 2. The average molecular weight is 751 g/mol. The minimum absolute atomic E-state index is 0.0861. The summed E-state index contributed by atoms with van der Waals surface area (Å²) in [5.74, 6) is -1.73. The first-order valence-corrected chi connectivity index (χ1v) is 18.1. The number of methoxy groups -OCH3 is 1. The van der Waals surface area contributed by atoms with Gasteiger partial charge in [0.2, 0.25) is 10.0 Å². The molecule has 3 aromatic rings. The van der Waals surface area contributed by atoms with Crippen LogP contribution in [-0.4, -0.2) is 111 Å². The summed E-state index contributed by atoms with van der Waals surface area (Å²) in [7, 11) is -3.18. The second-order valence-corrected chi connectivity index (χ2v) is 16.6. The molecule has 18 nitrogen and oxygen atoms in total. The Kier molecular flexibility index (Phi) is 11.1. The van der Waals surface area contributed by atoms with E-state index in [9.17, 15) is 23.1 Å². The summed E-state index contributed by atoms with van der Waals surface area (Å²) < 4.78 is 70.4. The molecule has 2 aliphatic rings. The molecule has 0 aliphatic carbocycles. The van der Waals surface area contributed by atoms with Crippen LogP contribution in [0.3, 0.4) is 0 Å². The van der Waals surface area contributed by atoms with Crippen LogP contribution >= 0.6 is 0 Å². The molecule has 2 fully saturated rings. The fourth-order valence-corrected chi connectivity index (χ4v) is 7.12. The molecule has 2 unspecified atom stereocenters. The highest BCUT2D eigenvalue weighted by Gasteiger charge is 2.57. The van der Waals surface area contributed by atoms with Crippen molar-refractivity contribution in [2.45, 2.75) is 103 Å². The molecule has 5 rings (SSSR count). The van der Waals surface area contributed by atoms with Crippen LogP contribution < -0.4 is 10.1 Å². The molecule has 2 amide bonds. The Bertz CT molecular complexity index is 1870. The van der Waals surface area contributed by atoms with Gasteiger partial charge in [-0.15, -0.1) is 0 Å². The summed E-state index contributed by atoms with van der Waals surface area (Å²) >= 11 is 0. The molecule has 0 spiro atoms. The Balaban J connectivity index is 1.45. The third-order valence-corrected chi connectivity index (χ3v) is 9.34. The molecule has 19 heteroatoms. The number of nitrogens with zero attached hydrogens (tertiary/aromatic N) is 5. The lowest BCUT2D eigenvalue weighted by atomic mass is 10.1. The number of anilines is 1. The lowest BCUT2D eigenvalue weighted by molar-refractivity contribution is -0.196. The van der Waals surface area contributed by atoms with Gasteiger partial charge in [-0.05, 0) is 61.5 Å². The molecule has 2 saturated heterocycles. The Labute approximate surface area is 301 Å². The Morgan fingerprint density at radius 3 is 2.38 bits per heavy atom. The third kappa shape index (κ3) is 9.07. The molecular weight excluding hydrogens is 704 g/mol. The van der Waals surface area contributed by atoms with Crippen molar-refractivity contribution in [2.24, 2.45) is 0 Å². The van der Waals surface area contributed by atoms with E-state index in [2.05, 4.69) is 20.3 Å².